The molecule has 1 aliphatic carbocycles. The SMILES string of the molecule is O=C(Oc1c(O)ccc2nc3c4ccccc4c(=O)cc-3oc12)N1CCNCC1. The Morgan fingerprint density at radius 2 is 1.90 bits per heavy atom. The Kier molecular flexibility index (Phi) is 4.06. The molecule has 0 saturated carbocycles. The van der Waals surface area contributed by atoms with Gasteiger partial charge in [0.2, 0.25) is 5.75 Å². The fraction of sp³-hybridized carbons (Fsp3) is 0.190. The van der Waals surface area contributed by atoms with Crippen molar-refractivity contribution in [3.05, 3.63) is 52.7 Å². The topological polar surface area (TPSA) is 105 Å². The number of fused-ring (bicyclic) bond motifs is 4. The first-order chi connectivity index (χ1) is 14.1. The van der Waals surface area contributed by atoms with Crippen molar-refractivity contribution in [2.45, 2.75) is 0 Å². The normalized spacial score (nSPS) is 14.6. The van der Waals surface area contributed by atoms with Gasteiger partial charge in [0.1, 0.15) is 11.2 Å². The second-order valence-corrected chi connectivity index (χ2v) is 6.85. The number of carbonyl (C=O) groups excluding carboxylic acids is 1. The first-order valence-electron chi connectivity index (χ1n) is 9.27. The summed E-state index contributed by atoms with van der Waals surface area (Å²) in [6.45, 7) is 2.36. The molecule has 8 heteroatoms. The van der Waals surface area contributed by atoms with Crippen LogP contribution in [0.3, 0.4) is 0 Å². The van der Waals surface area contributed by atoms with Crippen molar-refractivity contribution in [2.24, 2.45) is 0 Å². The molecule has 2 aliphatic heterocycles. The van der Waals surface area contributed by atoms with Crippen LogP contribution >= 0.6 is 0 Å². The summed E-state index contributed by atoms with van der Waals surface area (Å²) in [4.78, 5) is 31.1. The second kappa shape index (κ2) is 6.75. The zero-order valence-corrected chi connectivity index (χ0v) is 15.3. The van der Waals surface area contributed by atoms with Crippen LogP contribution in [0.15, 0.2) is 51.7 Å². The number of nitrogens with zero attached hydrogens (tertiary/aromatic N) is 2. The van der Waals surface area contributed by atoms with Crippen molar-refractivity contribution in [1.29, 1.82) is 0 Å². The third-order valence-corrected chi connectivity index (χ3v) is 5.02. The Labute approximate surface area is 164 Å². The molecule has 5 rings (SSSR count). The molecule has 0 radical (unpaired) electrons. The Bertz CT molecular complexity index is 1280. The summed E-state index contributed by atoms with van der Waals surface area (Å²) in [5.74, 6) is -0.0960. The molecule has 0 spiro atoms. The number of aromatic hydroxyl groups is 1. The highest BCUT2D eigenvalue weighted by Gasteiger charge is 2.24. The van der Waals surface area contributed by atoms with E-state index in [2.05, 4.69) is 10.3 Å². The number of amides is 1. The molecule has 2 aromatic rings. The van der Waals surface area contributed by atoms with E-state index in [1.54, 1.807) is 29.2 Å². The number of phenols is 1. The van der Waals surface area contributed by atoms with Crippen LogP contribution in [0.5, 0.6) is 11.5 Å². The minimum absolute atomic E-state index is 0.107. The highest BCUT2D eigenvalue weighted by Crippen LogP contribution is 2.38. The van der Waals surface area contributed by atoms with E-state index in [1.807, 2.05) is 6.07 Å². The first kappa shape index (κ1) is 17.4. The minimum atomic E-state index is -0.576. The molecule has 1 amide bonds. The number of phenolic OH excluding ortho intramolecular Hbond substituents is 1. The van der Waals surface area contributed by atoms with E-state index < -0.39 is 6.09 Å². The van der Waals surface area contributed by atoms with Crippen LogP contribution in [0.4, 0.5) is 4.79 Å². The van der Waals surface area contributed by atoms with Crippen molar-refractivity contribution < 1.29 is 19.1 Å². The highest BCUT2D eigenvalue weighted by atomic mass is 16.6. The zero-order valence-electron chi connectivity index (χ0n) is 15.3. The Balaban J connectivity index is 1.67. The molecule has 0 unspecified atom stereocenters. The maximum atomic E-state index is 12.5. The van der Waals surface area contributed by atoms with Crippen LogP contribution in [0.25, 0.3) is 33.3 Å². The first-order valence-corrected chi connectivity index (χ1v) is 9.27. The number of nitrogens with one attached hydrogen (secondary N) is 1. The number of hydrogen-bond acceptors (Lipinski definition) is 7. The van der Waals surface area contributed by atoms with Crippen molar-refractivity contribution in [3.63, 3.8) is 0 Å². The number of piperazine rings is 1. The Morgan fingerprint density at radius 3 is 2.69 bits per heavy atom. The molecule has 0 aromatic heterocycles. The molecular weight excluding hydrogens is 374 g/mol. The molecule has 29 heavy (non-hydrogen) atoms. The average molecular weight is 391 g/mol. The van der Waals surface area contributed by atoms with Gasteiger partial charge in [0.25, 0.3) is 0 Å². The molecule has 1 fully saturated rings. The van der Waals surface area contributed by atoms with E-state index in [-0.39, 0.29) is 28.3 Å². The lowest BCUT2D eigenvalue weighted by Gasteiger charge is -2.26. The molecule has 2 heterocycles. The number of carbonyl (C=O) groups is 1. The maximum absolute atomic E-state index is 12.5. The van der Waals surface area contributed by atoms with Crippen LogP contribution in [0.2, 0.25) is 0 Å². The van der Waals surface area contributed by atoms with Gasteiger partial charge < -0.3 is 24.5 Å². The summed E-state index contributed by atoms with van der Waals surface area (Å²) in [6.07, 6.45) is -0.576. The predicted molar refractivity (Wildman–Crippen MR) is 107 cm³/mol. The van der Waals surface area contributed by atoms with Gasteiger partial charge in [0.15, 0.2) is 22.5 Å². The summed E-state index contributed by atoms with van der Waals surface area (Å²) in [5, 5.41) is 14.7. The molecule has 1 saturated heterocycles. The van der Waals surface area contributed by atoms with Gasteiger partial charge in [-0.3, -0.25) is 4.79 Å². The summed E-state index contributed by atoms with van der Waals surface area (Å²) in [7, 11) is 0. The summed E-state index contributed by atoms with van der Waals surface area (Å²) >= 11 is 0. The lowest BCUT2D eigenvalue weighted by Crippen LogP contribution is -2.47. The maximum Gasteiger partial charge on any atom is 0.415 e. The van der Waals surface area contributed by atoms with Crippen LogP contribution in [0.1, 0.15) is 0 Å². The van der Waals surface area contributed by atoms with Gasteiger partial charge >= 0.3 is 6.09 Å². The smallest absolute Gasteiger partial charge is 0.415 e. The molecule has 2 aromatic carbocycles. The van der Waals surface area contributed by atoms with Gasteiger partial charge in [-0.05, 0) is 12.1 Å². The third-order valence-electron chi connectivity index (χ3n) is 5.02. The van der Waals surface area contributed by atoms with Gasteiger partial charge in [-0.2, -0.15) is 0 Å². The van der Waals surface area contributed by atoms with Crippen molar-refractivity contribution >= 4 is 28.0 Å². The minimum Gasteiger partial charge on any atom is -0.504 e. The van der Waals surface area contributed by atoms with Crippen molar-refractivity contribution in [2.75, 3.05) is 26.2 Å². The molecule has 146 valence electrons. The molecule has 0 bridgehead atoms. The van der Waals surface area contributed by atoms with Crippen LogP contribution in [-0.2, 0) is 0 Å². The quantitative estimate of drug-likeness (QED) is 0.379. The summed E-state index contributed by atoms with van der Waals surface area (Å²) in [6, 6.07) is 11.5. The standard InChI is InChI=1S/C21H17N3O5/c25-15-6-5-14-19(20(15)29-21(27)24-9-7-22-8-10-24)28-17-11-16(26)12-3-1-2-4-13(12)18(17)23-14/h1-6,11,22,25H,7-10H2. The van der Waals surface area contributed by atoms with Gasteiger partial charge in [-0.25, -0.2) is 9.78 Å². The molecule has 0 atom stereocenters. The number of benzene rings is 3. The van der Waals surface area contributed by atoms with E-state index in [0.29, 0.717) is 48.2 Å². The van der Waals surface area contributed by atoms with Crippen molar-refractivity contribution in [3.8, 4) is 23.0 Å². The highest BCUT2D eigenvalue weighted by molar-refractivity contribution is 5.97. The molecular formula is C21H17N3O5. The Hall–Kier alpha value is -3.65. The molecule has 2 N–H and O–H groups in total. The van der Waals surface area contributed by atoms with E-state index in [9.17, 15) is 14.7 Å². The number of ether oxygens (including phenoxy) is 1. The number of hydrogen-bond donors (Lipinski definition) is 2. The Morgan fingerprint density at radius 1 is 1.14 bits per heavy atom. The second-order valence-electron chi connectivity index (χ2n) is 6.85. The van der Waals surface area contributed by atoms with Gasteiger partial charge in [-0.15, -0.1) is 0 Å². The summed E-state index contributed by atoms with van der Waals surface area (Å²) in [5.41, 5.74) is 0.841. The average Bonchev–Trinajstić information content (AvgIpc) is 2.76. The molecule has 8 nitrogen and oxygen atoms in total. The van der Waals surface area contributed by atoms with Gasteiger partial charge in [0, 0.05) is 43.0 Å². The van der Waals surface area contributed by atoms with E-state index >= 15 is 0 Å². The number of aromatic nitrogens is 1. The number of rotatable bonds is 1. The van der Waals surface area contributed by atoms with Crippen molar-refractivity contribution in [1.82, 2.24) is 15.2 Å². The third kappa shape index (κ3) is 2.94. The van der Waals surface area contributed by atoms with Crippen LogP contribution in [0, 0.1) is 0 Å². The van der Waals surface area contributed by atoms with Crippen LogP contribution < -0.4 is 15.5 Å². The van der Waals surface area contributed by atoms with E-state index in [1.165, 1.54) is 12.1 Å². The monoisotopic (exact) mass is 391 g/mol. The lowest BCUT2D eigenvalue weighted by atomic mass is 10.0. The largest absolute Gasteiger partial charge is 0.504 e. The molecule has 3 aliphatic rings. The lowest BCUT2D eigenvalue weighted by molar-refractivity contribution is 0.144. The van der Waals surface area contributed by atoms with E-state index in [0.717, 1.165) is 0 Å². The summed E-state index contributed by atoms with van der Waals surface area (Å²) < 4.78 is 11.4. The fourth-order valence-corrected chi connectivity index (χ4v) is 3.55. The predicted octanol–water partition coefficient (Wildman–Crippen LogP) is 2.56. The van der Waals surface area contributed by atoms with E-state index in [4.69, 9.17) is 9.15 Å². The van der Waals surface area contributed by atoms with Gasteiger partial charge in [0.05, 0.1) is 0 Å². The van der Waals surface area contributed by atoms with Gasteiger partial charge in [-0.1, -0.05) is 24.3 Å². The van der Waals surface area contributed by atoms with Crippen LogP contribution in [-0.4, -0.2) is 47.3 Å². The fourth-order valence-electron chi connectivity index (χ4n) is 3.55. The zero-order chi connectivity index (χ0) is 20.0.